The number of unbranched alkanes of at least 4 members (excludes halogenated alkanes) is 7. The predicted molar refractivity (Wildman–Crippen MR) is 293 cm³/mol. The largest absolute Gasteiger partial charge is 0.479 e. The maximum absolute atomic E-state index is 13.1. The number of ether oxygens (including phenoxy) is 5. The lowest BCUT2D eigenvalue weighted by atomic mass is 9.98. The van der Waals surface area contributed by atoms with Crippen LogP contribution in [0.25, 0.3) is 0 Å². The van der Waals surface area contributed by atoms with Crippen molar-refractivity contribution in [1.29, 1.82) is 0 Å². The van der Waals surface area contributed by atoms with Crippen LogP contribution < -0.4 is 0 Å². The minimum absolute atomic E-state index is 0.00756. The highest BCUT2D eigenvalue weighted by molar-refractivity contribution is 5.74. The number of aliphatic hydroxyl groups is 2. The van der Waals surface area contributed by atoms with Crippen LogP contribution in [-0.4, -0.2) is 89.2 Å². The maximum Gasteiger partial charge on any atom is 0.335 e. The molecule has 408 valence electrons. The first-order valence-corrected chi connectivity index (χ1v) is 27.2. The molecule has 1 rings (SSSR count). The molecule has 0 amide bonds. The normalized spacial score (nSPS) is 19.4. The number of carbonyl (C=O) groups is 4. The summed E-state index contributed by atoms with van der Waals surface area (Å²) in [6.45, 7) is 5.53. The maximum atomic E-state index is 13.1. The third-order valence-corrected chi connectivity index (χ3v) is 11.2. The Hall–Kier alpha value is -5.14. The van der Waals surface area contributed by atoms with E-state index in [9.17, 15) is 34.5 Å². The number of aliphatic hydroxyl groups excluding tert-OH is 2. The molecule has 0 aromatic heterocycles. The minimum atomic E-state index is -1.93. The van der Waals surface area contributed by atoms with Gasteiger partial charge in [0.25, 0.3) is 0 Å². The van der Waals surface area contributed by atoms with Crippen molar-refractivity contribution in [3.05, 3.63) is 134 Å². The number of hydrogen-bond acceptors (Lipinski definition) is 11. The Morgan fingerprint density at radius 2 is 0.822 bits per heavy atom. The zero-order valence-electron chi connectivity index (χ0n) is 44.6. The summed E-state index contributed by atoms with van der Waals surface area (Å²) in [5.74, 6) is -3.30. The summed E-state index contributed by atoms with van der Waals surface area (Å²) in [6, 6.07) is 0. The van der Waals surface area contributed by atoms with E-state index in [2.05, 4.69) is 154 Å². The Balaban J connectivity index is 2.80. The predicted octanol–water partition coefficient (Wildman–Crippen LogP) is 13.4. The fourth-order valence-electron chi connectivity index (χ4n) is 7.13. The van der Waals surface area contributed by atoms with E-state index < -0.39 is 67.3 Å². The van der Waals surface area contributed by atoms with Gasteiger partial charge in [0.2, 0.25) is 0 Å². The SMILES string of the molecule is CC/C=C\C/C=C\C/C=C\C/C=C\CCCCC(=O)OCC(COC1OC(C(=O)O)C(O)C(O)C1OC(=O)CCCC/C=C\C/C=C\C/C=C\C/C=C\CC)OC(=O)CCCCC/C=C\C/C=C\C/C=C\CC. The second kappa shape index (κ2) is 47.8. The molecule has 0 saturated carbocycles. The lowest BCUT2D eigenvalue weighted by Crippen LogP contribution is -2.61. The molecule has 1 aliphatic rings. The molecule has 0 aliphatic carbocycles. The summed E-state index contributed by atoms with van der Waals surface area (Å²) < 4.78 is 28.2. The monoisotopic (exact) mass is 1020 g/mol. The fraction of sp³-hybridized carbons (Fsp3) is 0.574. The van der Waals surface area contributed by atoms with Gasteiger partial charge in [-0.3, -0.25) is 14.4 Å². The van der Waals surface area contributed by atoms with Gasteiger partial charge in [0.05, 0.1) is 6.61 Å². The Kier molecular flexibility index (Phi) is 43.2. The number of carboxylic acids is 1. The highest BCUT2D eigenvalue weighted by Gasteiger charge is 2.50. The molecule has 12 nitrogen and oxygen atoms in total. The van der Waals surface area contributed by atoms with Gasteiger partial charge in [-0.15, -0.1) is 0 Å². The molecule has 0 aromatic carbocycles. The van der Waals surface area contributed by atoms with Crippen LogP contribution in [-0.2, 0) is 42.9 Å². The molecule has 6 atom stereocenters. The Morgan fingerprint density at radius 1 is 0.452 bits per heavy atom. The lowest BCUT2D eigenvalue weighted by Gasteiger charge is -2.40. The second-order valence-corrected chi connectivity index (χ2v) is 17.7. The molecular formula is C61H92O12. The van der Waals surface area contributed by atoms with E-state index in [0.29, 0.717) is 25.7 Å². The molecule has 1 fully saturated rings. The van der Waals surface area contributed by atoms with Gasteiger partial charge in [-0.25, -0.2) is 4.79 Å². The number of carbonyl (C=O) groups excluding carboxylic acids is 3. The van der Waals surface area contributed by atoms with Crippen LogP contribution in [0.15, 0.2) is 134 Å². The zero-order chi connectivity index (χ0) is 53.3. The van der Waals surface area contributed by atoms with Crippen molar-refractivity contribution in [2.24, 2.45) is 0 Å². The number of rotatable bonds is 43. The average Bonchev–Trinajstić information content (AvgIpc) is 3.37. The van der Waals surface area contributed by atoms with E-state index in [4.69, 9.17) is 23.7 Å². The third kappa shape index (κ3) is 38.2. The van der Waals surface area contributed by atoms with E-state index in [1.807, 2.05) is 0 Å². The molecule has 0 bridgehead atoms. The van der Waals surface area contributed by atoms with Crippen LogP contribution >= 0.6 is 0 Å². The second-order valence-electron chi connectivity index (χ2n) is 17.7. The molecular weight excluding hydrogens is 925 g/mol. The van der Waals surface area contributed by atoms with Crippen molar-refractivity contribution in [3.8, 4) is 0 Å². The zero-order valence-corrected chi connectivity index (χ0v) is 44.6. The molecule has 6 unspecified atom stereocenters. The van der Waals surface area contributed by atoms with Crippen molar-refractivity contribution in [2.45, 2.75) is 212 Å². The molecule has 0 spiro atoms. The number of aliphatic carboxylic acids is 1. The van der Waals surface area contributed by atoms with Gasteiger partial charge in [-0.1, -0.05) is 161 Å². The molecule has 1 heterocycles. The van der Waals surface area contributed by atoms with Crippen LogP contribution in [0, 0.1) is 0 Å². The molecule has 3 N–H and O–H groups in total. The molecule has 1 saturated heterocycles. The molecule has 1 aliphatic heterocycles. The third-order valence-electron chi connectivity index (χ3n) is 11.2. The van der Waals surface area contributed by atoms with Gasteiger partial charge in [0.1, 0.15) is 18.8 Å². The number of esters is 3. The Bertz CT molecular complexity index is 1780. The summed E-state index contributed by atoms with van der Waals surface area (Å²) in [6.07, 6.45) is 54.4. The van der Waals surface area contributed by atoms with Crippen LogP contribution in [0.1, 0.15) is 175 Å². The molecule has 12 heteroatoms. The first-order chi connectivity index (χ1) is 35.6. The van der Waals surface area contributed by atoms with Crippen molar-refractivity contribution in [2.75, 3.05) is 13.2 Å². The number of allylic oxidation sites excluding steroid dienone is 22. The van der Waals surface area contributed by atoms with Crippen LogP contribution in [0.4, 0.5) is 0 Å². The highest BCUT2D eigenvalue weighted by Crippen LogP contribution is 2.26. The van der Waals surface area contributed by atoms with E-state index in [1.165, 1.54) is 0 Å². The van der Waals surface area contributed by atoms with E-state index >= 15 is 0 Å². The number of hydrogen-bond donors (Lipinski definition) is 3. The fourth-order valence-corrected chi connectivity index (χ4v) is 7.13. The van der Waals surface area contributed by atoms with Crippen LogP contribution in [0.3, 0.4) is 0 Å². The van der Waals surface area contributed by atoms with Crippen molar-refractivity contribution >= 4 is 23.9 Å². The van der Waals surface area contributed by atoms with Gasteiger partial charge >= 0.3 is 23.9 Å². The summed E-state index contributed by atoms with van der Waals surface area (Å²) in [4.78, 5) is 50.9. The summed E-state index contributed by atoms with van der Waals surface area (Å²) in [5, 5.41) is 31.4. The highest BCUT2D eigenvalue weighted by atomic mass is 16.7. The van der Waals surface area contributed by atoms with Crippen molar-refractivity contribution in [1.82, 2.24) is 0 Å². The van der Waals surface area contributed by atoms with E-state index in [0.717, 1.165) is 109 Å². The molecule has 0 aromatic rings. The Morgan fingerprint density at radius 3 is 1.25 bits per heavy atom. The summed E-state index contributed by atoms with van der Waals surface area (Å²) >= 11 is 0. The van der Waals surface area contributed by atoms with E-state index in [1.54, 1.807) is 0 Å². The summed E-state index contributed by atoms with van der Waals surface area (Å²) in [7, 11) is 0. The van der Waals surface area contributed by atoms with Crippen LogP contribution in [0.2, 0.25) is 0 Å². The topological polar surface area (TPSA) is 175 Å². The first-order valence-electron chi connectivity index (χ1n) is 27.2. The first kappa shape index (κ1) is 65.9. The quantitative estimate of drug-likeness (QED) is 0.0228. The van der Waals surface area contributed by atoms with E-state index in [-0.39, 0.29) is 25.9 Å². The van der Waals surface area contributed by atoms with Crippen LogP contribution in [0.5, 0.6) is 0 Å². The van der Waals surface area contributed by atoms with Gasteiger partial charge < -0.3 is 39.0 Å². The van der Waals surface area contributed by atoms with Gasteiger partial charge in [-0.05, 0) is 128 Å². The van der Waals surface area contributed by atoms with Crippen molar-refractivity contribution < 1.29 is 58.2 Å². The lowest BCUT2D eigenvalue weighted by molar-refractivity contribution is -0.301. The van der Waals surface area contributed by atoms with Gasteiger partial charge in [0.15, 0.2) is 24.6 Å². The average molecular weight is 1020 g/mol. The van der Waals surface area contributed by atoms with Gasteiger partial charge in [-0.2, -0.15) is 0 Å². The molecule has 0 radical (unpaired) electrons. The summed E-state index contributed by atoms with van der Waals surface area (Å²) in [5.41, 5.74) is 0. The van der Waals surface area contributed by atoms with Crippen molar-refractivity contribution in [3.63, 3.8) is 0 Å². The van der Waals surface area contributed by atoms with Gasteiger partial charge in [0, 0.05) is 19.3 Å². The smallest absolute Gasteiger partial charge is 0.335 e. The minimum Gasteiger partial charge on any atom is -0.479 e. The Labute approximate surface area is 439 Å². The number of carboxylic acid groups (broad SMARTS) is 1. The molecule has 73 heavy (non-hydrogen) atoms. The standard InChI is InChI=1S/C61H92O12/c1-4-7-10-13-16-19-22-25-27-30-32-35-38-41-44-47-53(62)69-50-52(71-54(63)48-45-42-39-36-33-29-24-21-18-15-12-9-6-3)51-70-61-59(57(66)56(65)58(73-61)60(67)68)72-55(64)49-46-43-40-37-34-31-28-26-23-20-17-14-11-8-5-2/h7-12,16-21,25-29,32-35,37,52,56-59,61,65-66H,4-6,13-15,22-24,30-31,36,38-51H2,1-3H3,(H,67,68)/b10-7-,11-8-,12-9-,19-16-,20-17-,21-18-,27-25-,28-26-,33-29-,35-32-,37-34-.